The van der Waals surface area contributed by atoms with Gasteiger partial charge in [-0.2, -0.15) is 5.10 Å². The molecule has 0 aliphatic rings. The number of hydrogen-bond donors (Lipinski definition) is 1. The predicted molar refractivity (Wildman–Crippen MR) is 77.3 cm³/mol. The molecule has 3 rings (SSSR count). The van der Waals surface area contributed by atoms with Crippen molar-refractivity contribution in [3.05, 3.63) is 36.5 Å². The zero-order chi connectivity index (χ0) is 13.6. The lowest BCUT2D eigenvalue weighted by molar-refractivity contribution is 0.345. The summed E-state index contributed by atoms with van der Waals surface area (Å²) in [5, 5.41) is 7.76. The summed E-state index contributed by atoms with van der Waals surface area (Å²) < 4.78 is 7.18. The number of nitrogens with two attached hydrogens (primary N) is 1. The van der Waals surface area contributed by atoms with Gasteiger partial charge in [0.25, 0.3) is 0 Å². The van der Waals surface area contributed by atoms with Crippen LogP contribution in [0.5, 0.6) is 5.75 Å². The van der Waals surface area contributed by atoms with Crippen molar-refractivity contribution in [2.45, 2.75) is 19.5 Å². The number of rotatable bonds is 2. The highest BCUT2D eigenvalue weighted by Crippen LogP contribution is 2.30. The van der Waals surface area contributed by atoms with E-state index in [2.05, 4.69) is 23.3 Å². The Morgan fingerprint density at radius 2 is 1.84 bits per heavy atom. The third kappa shape index (κ3) is 1.85. The summed E-state index contributed by atoms with van der Waals surface area (Å²) in [5.74, 6) is 0.836. The third-order valence-electron chi connectivity index (χ3n) is 3.30. The summed E-state index contributed by atoms with van der Waals surface area (Å²) >= 11 is 0. The van der Waals surface area contributed by atoms with E-state index in [-0.39, 0.29) is 0 Å². The minimum Gasteiger partial charge on any atom is -0.497 e. The lowest BCUT2D eigenvalue weighted by atomic mass is 10.1. The number of nitrogens with zero attached hydrogens (tertiary/aromatic N) is 2. The first-order chi connectivity index (χ1) is 9.00. The first kappa shape index (κ1) is 12.0. The van der Waals surface area contributed by atoms with Crippen LogP contribution in [0.3, 0.4) is 0 Å². The van der Waals surface area contributed by atoms with E-state index in [0.717, 1.165) is 27.4 Å². The van der Waals surface area contributed by atoms with E-state index >= 15 is 0 Å². The summed E-state index contributed by atoms with van der Waals surface area (Å²) in [6.45, 7) is 3.89. The third-order valence-corrected chi connectivity index (χ3v) is 3.30. The van der Waals surface area contributed by atoms with Crippen molar-refractivity contribution < 1.29 is 4.74 Å². The van der Waals surface area contributed by atoms with Gasteiger partial charge >= 0.3 is 0 Å². The maximum absolute atomic E-state index is 6.20. The molecule has 0 saturated carbocycles. The standard InChI is InChI=1S/C15H17N3O/c1-15(2,16)18-14-11(9-17-18)5-4-10-6-7-12(19-3)8-13(10)14/h4-9H,16H2,1-3H3. The fourth-order valence-electron chi connectivity index (χ4n) is 2.38. The van der Waals surface area contributed by atoms with Crippen molar-refractivity contribution in [2.24, 2.45) is 5.73 Å². The molecule has 0 aliphatic heterocycles. The average molecular weight is 255 g/mol. The zero-order valence-electron chi connectivity index (χ0n) is 11.3. The van der Waals surface area contributed by atoms with Crippen LogP contribution in [0.1, 0.15) is 13.8 Å². The number of fused-ring (bicyclic) bond motifs is 3. The Bertz CT molecular complexity index is 753. The highest BCUT2D eigenvalue weighted by Gasteiger charge is 2.18. The van der Waals surface area contributed by atoms with Crippen molar-refractivity contribution in [1.29, 1.82) is 0 Å². The van der Waals surface area contributed by atoms with Gasteiger partial charge in [-0.05, 0) is 31.4 Å². The number of methoxy groups -OCH3 is 1. The molecule has 0 spiro atoms. The average Bonchev–Trinajstić information content (AvgIpc) is 2.82. The van der Waals surface area contributed by atoms with E-state index in [1.165, 1.54) is 0 Å². The molecule has 0 saturated heterocycles. The Hall–Kier alpha value is -2.07. The van der Waals surface area contributed by atoms with Crippen LogP contribution < -0.4 is 10.5 Å². The molecule has 19 heavy (non-hydrogen) atoms. The molecule has 0 aliphatic carbocycles. The van der Waals surface area contributed by atoms with Gasteiger partial charge in [0.15, 0.2) is 0 Å². The quantitative estimate of drug-likeness (QED) is 0.766. The van der Waals surface area contributed by atoms with Crippen molar-refractivity contribution in [2.75, 3.05) is 7.11 Å². The van der Waals surface area contributed by atoms with Gasteiger partial charge in [-0.3, -0.25) is 0 Å². The molecule has 4 heteroatoms. The minimum absolute atomic E-state index is 0.543. The van der Waals surface area contributed by atoms with Crippen LogP contribution in [0.2, 0.25) is 0 Å². The Labute approximate surface area is 111 Å². The maximum Gasteiger partial charge on any atom is 0.119 e. The topological polar surface area (TPSA) is 53.1 Å². The monoisotopic (exact) mass is 255 g/mol. The second-order valence-corrected chi connectivity index (χ2v) is 5.30. The molecule has 0 bridgehead atoms. The highest BCUT2D eigenvalue weighted by atomic mass is 16.5. The van der Waals surface area contributed by atoms with Crippen LogP contribution in [0.4, 0.5) is 0 Å². The van der Waals surface area contributed by atoms with Crippen molar-refractivity contribution in [3.8, 4) is 5.75 Å². The van der Waals surface area contributed by atoms with Gasteiger partial charge in [0.2, 0.25) is 0 Å². The molecular formula is C15H17N3O. The number of benzene rings is 2. The van der Waals surface area contributed by atoms with Crippen LogP contribution in [0.15, 0.2) is 36.5 Å². The van der Waals surface area contributed by atoms with Gasteiger partial charge in [0, 0.05) is 10.8 Å². The first-order valence-corrected chi connectivity index (χ1v) is 6.24. The van der Waals surface area contributed by atoms with Crippen LogP contribution in [0, 0.1) is 0 Å². The molecule has 0 fully saturated rings. The second-order valence-electron chi connectivity index (χ2n) is 5.30. The summed E-state index contributed by atoms with van der Waals surface area (Å²) in [4.78, 5) is 0. The van der Waals surface area contributed by atoms with Crippen LogP contribution in [-0.2, 0) is 5.66 Å². The molecule has 2 aromatic carbocycles. The maximum atomic E-state index is 6.20. The predicted octanol–water partition coefficient (Wildman–Crippen LogP) is 2.85. The van der Waals surface area contributed by atoms with Crippen molar-refractivity contribution in [3.63, 3.8) is 0 Å². The van der Waals surface area contributed by atoms with Gasteiger partial charge in [0.05, 0.1) is 18.8 Å². The first-order valence-electron chi connectivity index (χ1n) is 6.24. The van der Waals surface area contributed by atoms with Crippen LogP contribution >= 0.6 is 0 Å². The fourth-order valence-corrected chi connectivity index (χ4v) is 2.38. The summed E-state index contributed by atoms with van der Waals surface area (Å²) in [7, 11) is 1.67. The molecule has 4 nitrogen and oxygen atoms in total. The lowest BCUT2D eigenvalue weighted by Crippen LogP contribution is -2.37. The smallest absolute Gasteiger partial charge is 0.119 e. The Morgan fingerprint density at radius 1 is 1.16 bits per heavy atom. The van der Waals surface area contributed by atoms with Crippen molar-refractivity contribution in [1.82, 2.24) is 9.78 Å². The number of aromatic nitrogens is 2. The lowest BCUT2D eigenvalue weighted by Gasteiger charge is -2.21. The summed E-state index contributed by atoms with van der Waals surface area (Å²) in [6.07, 6.45) is 1.85. The molecule has 0 amide bonds. The summed E-state index contributed by atoms with van der Waals surface area (Å²) in [6, 6.07) is 10.2. The molecule has 2 N–H and O–H groups in total. The molecule has 0 radical (unpaired) electrons. The van der Waals surface area contributed by atoms with Gasteiger partial charge in [0.1, 0.15) is 11.4 Å². The molecule has 1 heterocycles. The van der Waals surface area contributed by atoms with E-state index in [4.69, 9.17) is 10.5 Å². The minimum atomic E-state index is -0.543. The summed E-state index contributed by atoms with van der Waals surface area (Å²) in [5.41, 5.74) is 6.70. The highest BCUT2D eigenvalue weighted by molar-refractivity contribution is 6.06. The van der Waals surface area contributed by atoms with Crippen LogP contribution in [-0.4, -0.2) is 16.9 Å². The van der Waals surface area contributed by atoms with Gasteiger partial charge in [-0.15, -0.1) is 0 Å². The normalized spacial score (nSPS) is 12.2. The fraction of sp³-hybridized carbons (Fsp3) is 0.267. The largest absolute Gasteiger partial charge is 0.497 e. The van der Waals surface area contributed by atoms with Crippen molar-refractivity contribution >= 4 is 21.7 Å². The van der Waals surface area contributed by atoms with Gasteiger partial charge in [-0.25, -0.2) is 4.68 Å². The van der Waals surface area contributed by atoms with E-state index in [9.17, 15) is 0 Å². The van der Waals surface area contributed by atoms with Crippen LogP contribution in [0.25, 0.3) is 21.7 Å². The van der Waals surface area contributed by atoms with E-state index in [1.54, 1.807) is 7.11 Å². The molecule has 1 aromatic heterocycles. The van der Waals surface area contributed by atoms with Gasteiger partial charge < -0.3 is 10.5 Å². The van der Waals surface area contributed by atoms with Gasteiger partial charge in [-0.1, -0.05) is 18.2 Å². The Morgan fingerprint density at radius 3 is 2.53 bits per heavy atom. The van der Waals surface area contributed by atoms with E-state index in [1.807, 2.05) is 36.9 Å². The molecular weight excluding hydrogens is 238 g/mol. The molecule has 0 unspecified atom stereocenters. The molecule has 0 atom stereocenters. The SMILES string of the molecule is COc1ccc2ccc3cnn(C(C)(C)N)c3c2c1. The number of ether oxygens (including phenoxy) is 1. The van der Waals surface area contributed by atoms with E-state index < -0.39 is 5.66 Å². The number of hydrogen-bond acceptors (Lipinski definition) is 3. The molecule has 3 aromatic rings. The second kappa shape index (κ2) is 3.96. The zero-order valence-corrected chi connectivity index (χ0v) is 11.3. The molecule has 98 valence electrons. The Balaban J connectivity index is 2.45. The Kier molecular flexibility index (Phi) is 2.50. The van der Waals surface area contributed by atoms with E-state index in [0.29, 0.717) is 0 Å².